The number of rotatable bonds is 5. The molecule has 5 rings (SSSR count). The van der Waals surface area contributed by atoms with Gasteiger partial charge in [-0.05, 0) is 67.8 Å². The second kappa shape index (κ2) is 11.4. The van der Waals surface area contributed by atoms with E-state index in [1.807, 2.05) is 29.2 Å². The van der Waals surface area contributed by atoms with Crippen LogP contribution < -0.4 is 4.74 Å². The lowest BCUT2D eigenvalue weighted by molar-refractivity contribution is -0.134. The van der Waals surface area contributed by atoms with E-state index in [1.54, 1.807) is 11.9 Å². The van der Waals surface area contributed by atoms with Crippen LogP contribution in [0.1, 0.15) is 30.7 Å². The molecule has 3 heterocycles. The summed E-state index contributed by atoms with van der Waals surface area (Å²) in [4.78, 5) is 32.6. The van der Waals surface area contributed by atoms with E-state index in [-0.39, 0.29) is 29.5 Å². The molecule has 3 aliphatic heterocycles. The zero-order chi connectivity index (χ0) is 25.9. The van der Waals surface area contributed by atoms with Crippen LogP contribution in [-0.2, 0) is 9.53 Å². The number of likely N-dealkylation sites (tertiary alicyclic amines) is 2. The number of hydrogen-bond donors (Lipinski definition) is 0. The first-order chi connectivity index (χ1) is 17.9. The topological polar surface area (TPSA) is 62.3 Å². The molecule has 2 aromatic carbocycles. The Morgan fingerprint density at radius 2 is 1.70 bits per heavy atom. The smallest absolute Gasteiger partial charge is 0.410 e. The summed E-state index contributed by atoms with van der Waals surface area (Å²) in [5.74, 6) is -0.102. The van der Waals surface area contributed by atoms with Gasteiger partial charge >= 0.3 is 6.09 Å². The molecule has 3 saturated heterocycles. The Morgan fingerprint density at radius 3 is 2.41 bits per heavy atom. The largest absolute Gasteiger partial charge is 0.415 e. The molecular formula is C28H33ClFN3O4. The van der Waals surface area contributed by atoms with Crippen molar-refractivity contribution in [3.63, 3.8) is 0 Å². The maximum atomic E-state index is 13.7. The number of carbonyl (C=O) groups excluding carboxylic acids is 2. The number of likely N-dealkylation sites (N-methyl/N-ethyl adjacent to an activating group) is 1. The van der Waals surface area contributed by atoms with Crippen molar-refractivity contribution in [1.82, 2.24) is 14.7 Å². The van der Waals surface area contributed by atoms with Gasteiger partial charge in [-0.2, -0.15) is 0 Å². The number of benzene rings is 2. The Balaban J connectivity index is 1.29. The zero-order valence-corrected chi connectivity index (χ0v) is 21.8. The van der Waals surface area contributed by atoms with Crippen molar-refractivity contribution in [2.75, 3.05) is 46.4 Å². The van der Waals surface area contributed by atoms with Gasteiger partial charge in [-0.15, -0.1) is 0 Å². The van der Waals surface area contributed by atoms with Crippen LogP contribution in [0, 0.1) is 11.7 Å². The molecule has 3 aliphatic rings. The van der Waals surface area contributed by atoms with Gasteiger partial charge in [0.2, 0.25) is 5.91 Å². The minimum atomic E-state index is -0.545. The first kappa shape index (κ1) is 25.9. The molecule has 9 heteroatoms. The lowest BCUT2D eigenvalue weighted by atomic mass is 9.93. The number of amides is 2. The molecular weight excluding hydrogens is 497 g/mol. The van der Waals surface area contributed by atoms with Crippen molar-refractivity contribution in [1.29, 1.82) is 0 Å². The summed E-state index contributed by atoms with van der Waals surface area (Å²) >= 11 is 6.12. The first-order valence-electron chi connectivity index (χ1n) is 13.0. The second-order valence-electron chi connectivity index (χ2n) is 10.2. The SMILES string of the molecule is CN(C(=O)Oc1ccc(F)cc1)C1CN(C(=O)C2CCN(C3CCOCC3)C2)CC1c1ccc(Cl)cc1. The highest BCUT2D eigenvalue weighted by molar-refractivity contribution is 6.30. The molecule has 37 heavy (non-hydrogen) atoms. The quantitative estimate of drug-likeness (QED) is 0.574. The van der Waals surface area contributed by atoms with Crippen molar-refractivity contribution < 1.29 is 23.5 Å². The summed E-state index contributed by atoms with van der Waals surface area (Å²) in [5.41, 5.74) is 1.02. The molecule has 3 fully saturated rings. The fraction of sp³-hybridized carbons (Fsp3) is 0.500. The van der Waals surface area contributed by atoms with E-state index in [9.17, 15) is 14.0 Å². The molecule has 0 spiro atoms. The van der Waals surface area contributed by atoms with Crippen molar-refractivity contribution >= 4 is 23.6 Å². The van der Waals surface area contributed by atoms with Crippen LogP contribution in [0.25, 0.3) is 0 Å². The summed E-state index contributed by atoms with van der Waals surface area (Å²) in [7, 11) is 1.69. The molecule has 3 unspecified atom stereocenters. The molecule has 0 N–H and O–H groups in total. The molecule has 2 amide bonds. The zero-order valence-electron chi connectivity index (χ0n) is 21.0. The predicted molar refractivity (Wildman–Crippen MR) is 138 cm³/mol. The summed E-state index contributed by atoms with van der Waals surface area (Å²) in [5, 5.41) is 0.634. The van der Waals surface area contributed by atoms with Crippen LogP contribution >= 0.6 is 11.6 Å². The Kier molecular flexibility index (Phi) is 7.98. The van der Waals surface area contributed by atoms with Crippen LogP contribution in [0.5, 0.6) is 5.75 Å². The van der Waals surface area contributed by atoms with E-state index < -0.39 is 11.9 Å². The molecule has 198 valence electrons. The van der Waals surface area contributed by atoms with Crippen LogP contribution in [0.4, 0.5) is 9.18 Å². The normalized spacial score (nSPS) is 24.8. The number of carbonyl (C=O) groups is 2. The third kappa shape index (κ3) is 5.92. The fourth-order valence-electron chi connectivity index (χ4n) is 5.84. The Hall–Kier alpha value is -2.68. The van der Waals surface area contributed by atoms with Crippen LogP contribution in [-0.4, -0.2) is 85.2 Å². The standard InChI is InChI=1S/C28H33ClFN3O4/c1-31(28(35)37-24-8-6-22(30)7-9-24)26-18-33(17-25(26)19-2-4-21(29)5-3-19)27(34)20-10-13-32(16-20)23-11-14-36-15-12-23/h2-9,20,23,25-26H,10-18H2,1H3. The van der Waals surface area contributed by atoms with Gasteiger partial charge in [-0.3, -0.25) is 9.69 Å². The Bertz CT molecular complexity index is 1090. The molecule has 3 atom stereocenters. The number of halogens is 2. The highest BCUT2D eigenvalue weighted by Gasteiger charge is 2.43. The molecule has 0 aliphatic carbocycles. The molecule has 2 aromatic rings. The van der Waals surface area contributed by atoms with Gasteiger partial charge in [0.25, 0.3) is 0 Å². The van der Waals surface area contributed by atoms with Gasteiger partial charge in [-0.1, -0.05) is 23.7 Å². The summed E-state index contributed by atoms with van der Waals surface area (Å²) in [6.45, 7) is 4.23. The van der Waals surface area contributed by atoms with E-state index in [1.165, 1.54) is 24.3 Å². The van der Waals surface area contributed by atoms with Crippen LogP contribution in [0.3, 0.4) is 0 Å². The summed E-state index contributed by atoms with van der Waals surface area (Å²) in [6, 6.07) is 13.1. The average Bonchev–Trinajstić information content (AvgIpc) is 3.59. The van der Waals surface area contributed by atoms with Gasteiger partial charge in [0, 0.05) is 56.9 Å². The maximum absolute atomic E-state index is 13.7. The van der Waals surface area contributed by atoms with Gasteiger partial charge in [0.05, 0.1) is 12.0 Å². The minimum absolute atomic E-state index is 0.0380. The third-order valence-electron chi connectivity index (χ3n) is 7.98. The molecule has 0 saturated carbocycles. The second-order valence-corrected chi connectivity index (χ2v) is 10.7. The van der Waals surface area contributed by atoms with E-state index in [0.29, 0.717) is 24.2 Å². The van der Waals surface area contributed by atoms with Crippen molar-refractivity contribution in [2.24, 2.45) is 5.92 Å². The average molecular weight is 530 g/mol. The lowest BCUT2D eigenvalue weighted by Gasteiger charge is -2.31. The first-order valence-corrected chi connectivity index (χ1v) is 13.3. The summed E-state index contributed by atoms with van der Waals surface area (Å²) < 4.78 is 24.3. The summed E-state index contributed by atoms with van der Waals surface area (Å²) in [6.07, 6.45) is 2.35. The van der Waals surface area contributed by atoms with Crippen LogP contribution in [0.15, 0.2) is 48.5 Å². The Morgan fingerprint density at radius 1 is 1.00 bits per heavy atom. The maximum Gasteiger partial charge on any atom is 0.415 e. The number of hydrogen-bond acceptors (Lipinski definition) is 5. The van der Waals surface area contributed by atoms with Crippen molar-refractivity contribution in [2.45, 2.75) is 37.3 Å². The van der Waals surface area contributed by atoms with Gasteiger partial charge < -0.3 is 19.3 Å². The lowest BCUT2D eigenvalue weighted by Crippen LogP contribution is -2.44. The molecule has 0 bridgehead atoms. The minimum Gasteiger partial charge on any atom is -0.410 e. The van der Waals surface area contributed by atoms with E-state index in [0.717, 1.165) is 51.1 Å². The third-order valence-corrected chi connectivity index (χ3v) is 8.23. The van der Waals surface area contributed by atoms with E-state index in [4.69, 9.17) is 21.1 Å². The highest BCUT2D eigenvalue weighted by atomic mass is 35.5. The fourth-order valence-corrected chi connectivity index (χ4v) is 5.96. The van der Waals surface area contributed by atoms with E-state index in [2.05, 4.69) is 4.90 Å². The van der Waals surface area contributed by atoms with Gasteiger partial charge in [0.1, 0.15) is 11.6 Å². The highest BCUT2D eigenvalue weighted by Crippen LogP contribution is 2.34. The molecule has 0 radical (unpaired) electrons. The van der Waals surface area contributed by atoms with Crippen molar-refractivity contribution in [3.8, 4) is 5.75 Å². The Labute approximate surface area is 222 Å². The number of nitrogens with zero attached hydrogens (tertiary/aromatic N) is 3. The van der Waals surface area contributed by atoms with Gasteiger partial charge in [0.15, 0.2) is 0 Å². The monoisotopic (exact) mass is 529 g/mol. The predicted octanol–water partition coefficient (Wildman–Crippen LogP) is 4.41. The molecule has 0 aromatic heterocycles. The van der Waals surface area contributed by atoms with Crippen LogP contribution in [0.2, 0.25) is 5.02 Å². The van der Waals surface area contributed by atoms with Gasteiger partial charge in [-0.25, -0.2) is 9.18 Å². The van der Waals surface area contributed by atoms with E-state index >= 15 is 0 Å². The molecule has 7 nitrogen and oxygen atoms in total. The number of ether oxygens (including phenoxy) is 2. The van der Waals surface area contributed by atoms with Crippen molar-refractivity contribution in [3.05, 3.63) is 64.9 Å².